The lowest BCUT2D eigenvalue weighted by molar-refractivity contribution is -0.152. The van der Waals surface area contributed by atoms with Gasteiger partial charge in [0, 0.05) is 20.6 Å². The first-order valence-corrected chi connectivity index (χ1v) is 17.9. The molecular weight excluding hydrogens is 560 g/mol. The van der Waals surface area contributed by atoms with E-state index in [4.69, 9.17) is 15.2 Å². The maximum Gasteiger partial charge on any atom is 0.139 e. The van der Waals surface area contributed by atoms with Gasteiger partial charge in [-0.3, -0.25) is 4.79 Å². The molecule has 4 aliphatic carbocycles. The number of ether oxygens (including phenoxy) is 2. The summed E-state index contributed by atoms with van der Waals surface area (Å²) in [7, 11) is 3.23. The lowest BCUT2D eigenvalue weighted by atomic mass is 9.48. The van der Waals surface area contributed by atoms with Crippen molar-refractivity contribution in [2.24, 2.45) is 40.2 Å². The van der Waals surface area contributed by atoms with Gasteiger partial charge in [0.05, 0.1) is 42.6 Å². The number of hydrogen-bond acceptors (Lipinski definition) is 9. The number of piperidine rings is 1. The van der Waals surface area contributed by atoms with Crippen molar-refractivity contribution in [3.05, 3.63) is 0 Å². The van der Waals surface area contributed by atoms with E-state index in [1.807, 2.05) is 0 Å². The molecule has 1 spiro atoms. The van der Waals surface area contributed by atoms with Crippen molar-refractivity contribution in [2.45, 2.75) is 158 Å². The Labute approximate surface area is 265 Å². The van der Waals surface area contributed by atoms with E-state index < -0.39 is 36.4 Å². The number of nitrogens with one attached hydrogen (secondary N) is 1. The fourth-order valence-electron chi connectivity index (χ4n) is 11.2. The molecule has 0 radical (unpaired) electrons. The normalized spacial score (nSPS) is 42.4. The zero-order chi connectivity index (χ0) is 31.5. The summed E-state index contributed by atoms with van der Waals surface area (Å²) in [6.45, 7) is 0.851. The van der Waals surface area contributed by atoms with Crippen LogP contribution in [0.2, 0.25) is 0 Å². The van der Waals surface area contributed by atoms with Gasteiger partial charge in [0.1, 0.15) is 11.9 Å². The molecule has 9 nitrogen and oxygen atoms in total. The van der Waals surface area contributed by atoms with E-state index in [0.717, 1.165) is 70.8 Å². The summed E-state index contributed by atoms with van der Waals surface area (Å²) >= 11 is 0. The Balaban J connectivity index is 1.40. The highest BCUT2D eigenvalue weighted by Gasteiger charge is 2.64. The van der Waals surface area contributed by atoms with Gasteiger partial charge in [-0.15, -0.1) is 0 Å². The summed E-state index contributed by atoms with van der Waals surface area (Å²) in [5, 5.41) is 47.0. The van der Waals surface area contributed by atoms with E-state index in [2.05, 4.69) is 5.32 Å². The lowest BCUT2D eigenvalue weighted by Crippen LogP contribution is -2.58. The summed E-state index contributed by atoms with van der Waals surface area (Å²) in [4.78, 5) is 14.8. The van der Waals surface area contributed by atoms with Crippen LogP contribution in [0.25, 0.3) is 0 Å². The third-order valence-electron chi connectivity index (χ3n) is 13.3. The number of aliphatic hydroxyl groups excluding tert-OH is 4. The van der Waals surface area contributed by atoms with E-state index in [0.29, 0.717) is 50.4 Å². The zero-order valence-corrected chi connectivity index (χ0v) is 27.4. The molecule has 5 fully saturated rings. The van der Waals surface area contributed by atoms with E-state index in [1.54, 1.807) is 14.2 Å². The molecule has 1 aliphatic heterocycles. The fraction of sp³-hybridized carbons (Fsp3) is 0.971. The standard InChI is InChI=1S/C35H62N2O7/c1-43-29-19-22(6-9-25(29)38)7-10-26(39)32(27(40)11-8-23-18-28(41)33(42)30(20-23)44-2)35(24-12-17-37-31(36)21-24)16-5-15-34(35)13-3-4-14-34/h22-26,28-33,37-39,41-42H,3-21,36H2,1-2H3/t22?,23?,24?,25?,26-,28?,29?,30?,31?,32-,33?,35+/m1/s1. The molecule has 0 bridgehead atoms. The van der Waals surface area contributed by atoms with Crippen LogP contribution in [0.15, 0.2) is 0 Å². The number of carbonyl (C=O) groups is 1. The minimum Gasteiger partial charge on any atom is -0.392 e. The van der Waals surface area contributed by atoms with Crippen molar-refractivity contribution >= 4 is 5.78 Å². The zero-order valence-electron chi connectivity index (χ0n) is 27.4. The number of carbonyl (C=O) groups excluding carboxylic acids is 1. The van der Waals surface area contributed by atoms with Crippen LogP contribution < -0.4 is 11.1 Å². The quantitative estimate of drug-likeness (QED) is 0.192. The number of hydrogen-bond donors (Lipinski definition) is 6. The number of Topliss-reactive ketones (excluding diaryl/α,β-unsaturated/α-hetero) is 1. The van der Waals surface area contributed by atoms with Gasteiger partial charge in [0.2, 0.25) is 0 Å². The molecule has 0 aromatic rings. The van der Waals surface area contributed by atoms with Gasteiger partial charge in [-0.05, 0) is 125 Å². The summed E-state index contributed by atoms with van der Waals surface area (Å²) in [6.07, 6.45) is 12.1. The average Bonchev–Trinajstić information content (AvgIpc) is 3.65. The van der Waals surface area contributed by atoms with E-state index >= 15 is 0 Å². The predicted molar refractivity (Wildman–Crippen MR) is 169 cm³/mol. The number of aliphatic hydroxyl groups is 4. The first-order valence-electron chi connectivity index (χ1n) is 17.9. The molecule has 7 N–H and O–H groups in total. The van der Waals surface area contributed by atoms with Crippen LogP contribution in [0, 0.1) is 34.5 Å². The van der Waals surface area contributed by atoms with Gasteiger partial charge >= 0.3 is 0 Å². The van der Waals surface area contributed by atoms with Crippen LogP contribution in [0.1, 0.15) is 116 Å². The fourth-order valence-corrected chi connectivity index (χ4v) is 11.2. The van der Waals surface area contributed by atoms with Gasteiger partial charge in [0.25, 0.3) is 0 Å². The van der Waals surface area contributed by atoms with Crippen LogP contribution in [0.4, 0.5) is 0 Å². The summed E-state index contributed by atoms with van der Waals surface area (Å²) in [6, 6.07) is 0. The van der Waals surface area contributed by atoms with Crippen molar-refractivity contribution in [3.8, 4) is 0 Å². The second-order valence-electron chi connectivity index (χ2n) is 15.5. The first-order chi connectivity index (χ1) is 21.1. The van der Waals surface area contributed by atoms with Crippen LogP contribution in [0.3, 0.4) is 0 Å². The van der Waals surface area contributed by atoms with Gasteiger partial charge < -0.3 is 41.0 Å². The molecule has 1 saturated heterocycles. The van der Waals surface area contributed by atoms with Crippen molar-refractivity contribution in [1.29, 1.82) is 0 Å². The second kappa shape index (κ2) is 15.1. The highest BCUT2D eigenvalue weighted by molar-refractivity contribution is 5.82. The summed E-state index contributed by atoms with van der Waals surface area (Å²) in [5.41, 5.74) is 6.37. The summed E-state index contributed by atoms with van der Waals surface area (Å²) < 4.78 is 11.0. The molecule has 9 heteroatoms. The molecule has 44 heavy (non-hydrogen) atoms. The maximum atomic E-state index is 14.8. The molecule has 12 atom stereocenters. The molecule has 9 unspecified atom stereocenters. The lowest BCUT2D eigenvalue weighted by Gasteiger charge is -2.56. The highest BCUT2D eigenvalue weighted by atomic mass is 16.5. The third-order valence-corrected chi connectivity index (χ3v) is 13.3. The largest absolute Gasteiger partial charge is 0.392 e. The Morgan fingerprint density at radius 3 is 2.27 bits per heavy atom. The first kappa shape index (κ1) is 34.7. The van der Waals surface area contributed by atoms with E-state index in [-0.39, 0.29) is 34.8 Å². The van der Waals surface area contributed by atoms with Crippen molar-refractivity contribution in [1.82, 2.24) is 5.32 Å². The SMILES string of the molecule is COC1CC(CC[C@@H](O)[C@H](C(=O)CCC2CC(O)C(O)C(OC)C2)[C@@]2(C3CCNC(N)C3)CCCC23CCCC3)CCC1O. The third kappa shape index (κ3) is 6.96. The smallest absolute Gasteiger partial charge is 0.139 e. The molecule has 4 saturated carbocycles. The monoisotopic (exact) mass is 622 g/mol. The molecule has 5 aliphatic rings. The average molecular weight is 623 g/mol. The molecule has 5 rings (SSSR count). The number of ketones is 1. The summed E-state index contributed by atoms with van der Waals surface area (Å²) in [5.74, 6) is 0.508. The molecule has 0 aromatic heterocycles. The molecule has 254 valence electrons. The number of rotatable bonds is 12. The van der Waals surface area contributed by atoms with E-state index in [9.17, 15) is 25.2 Å². The Hall–Kier alpha value is -0.650. The van der Waals surface area contributed by atoms with Crippen LogP contribution in [-0.4, -0.2) is 89.8 Å². The Morgan fingerprint density at radius 1 is 0.864 bits per heavy atom. The van der Waals surface area contributed by atoms with Gasteiger partial charge in [-0.1, -0.05) is 19.3 Å². The molecule has 0 aromatic carbocycles. The number of methoxy groups -OCH3 is 2. The van der Waals surface area contributed by atoms with Crippen molar-refractivity contribution < 1.29 is 34.7 Å². The molecule has 1 heterocycles. The Morgan fingerprint density at radius 2 is 1.57 bits per heavy atom. The minimum absolute atomic E-state index is 0.0818. The highest BCUT2D eigenvalue weighted by Crippen LogP contribution is 2.69. The van der Waals surface area contributed by atoms with Gasteiger partial charge in [0.15, 0.2) is 0 Å². The molecular formula is C35H62N2O7. The van der Waals surface area contributed by atoms with Crippen LogP contribution in [-0.2, 0) is 14.3 Å². The van der Waals surface area contributed by atoms with Gasteiger partial charge in [-0.2, -0.15) is 0 Å². The van der Waals surface area contributed by atoms with Crippen molar-refractivity contribution in [3.63, 3.8) is 0 Å². The van der Waals surface area contributed by atoms with Crippen LogP contribution >= 0.6 is 0 Å². The maximum absolute atomic E-state index is 14.8. The second-order valence-corrected chi connectivity index (χ2v) is 15.5. The topological polar surface area (TPSA) is 154 Å². The Kier molecular flexibility index (Phi) is 11.9. The number of nitrogens with two attached hydrogens (primary N) is 1. The van der Waals surface area contributed by atoms with Crippen molar-refractivity contribution in [2.75, 3.05) is 20.8 Å². The van der Waals surface area contributed by atoms with Gasteiger partial charge in [-0.25, -0.2) is 0 Å². The van der Waals surface area contributed by atoms with E-state index in [1.165, 1.54) is 12.8 Å². The van der Waals surface area contributed by atoms with Crippen LogP contribution in [0.5, 0.6) is 0 Å². The Bertz CT molecular complexity index is 925. The molecule has 0 amide bonds. The predicted octanol–water partition coefficient (Wildman–Crippen LogP) is 3.43. The minimum atomic E-state index is -0.895.